The Labute approximate surface area is 190 Å². The van der Waals surface area contributed by atoms with E-state index in [1.54, 1.807) is 0 Å². The third-order valence-electron chi connectivity index (χ3n) is 4.60. The van der Waals surface area contributed by atoms with Crippen molar-refractivity contribution in [2.75, 3.05) is 19.8 Å². The first-order chi connectivity index (χ1) is 15.2. The smallest absolute Gasteiger partial charge is 0.407 e. The molecular weight excluding hydrogens is 463 g/mol. The van der Waals surface area contributed by atoms with Gasteiger partial charge in [-0.1, -0.05) is 30.3 Å². The van der Waals surface area contributed by atoms with Crippen LogP contribution in [0.5, 0.6) is 0 Å². The molecule has 1 aromatic rings. The Morgan fingerprint density at radius 2 is 2.00 bits per heavy atom. The van der Waals surface area contributed by atoms with Crippen molar-refractivity contribution in [2.45, 2.75) is 50.2 Å². The highest BCUT2D eigenvalue weighted by atomic mass is 32.5. The van der Waals surface area contributed by atoms with Gasteiger partial charge in [-0.25, -0.2) is 4.79 Å². The van der Waals surface area contributed by atoms with E-state index in [0.29, 0.717) is 0 Å². The first-order valence-electron chi connectivity index (χ1n) is 9.91. The van der Waals surface area contributed by atoms with E-state index in [-0.39, 0.29) is 26.2 Å². The van der Waals surface area contributed by atoms with Crippen LogP contribution in [0.1, 0.15) is 18.9 Å². The van der Waals surface area contributed by atoms with Crippen LogP contribution in [0.4, 0.5) is 4.79 Å². The Kier molecular flexibility index (Phi) is 10.5. The van der Waals surface area contributed by atoms with Gasteiger partial charge in [0.2, 0.25) is 6.49 Å². The summed E-state index contributed by atoms with van der Waals surface area (Å²) in [5.74, 6) is -2.06. The third-order valence-corrected chi connectivity index (χ3v) is 7.16. The summed E-state index contributed by atoms with van der Waals surface area (Å²) >= 11 is 5.14. The van der Waals surface area contributed by atoms with E-state index in [2.05, 4.69) is 10.3 Å². The predicted molar refractivity (Wildman–Crippen MR) is 116 cm³/mol. The molecule has 11 nitrogen and oxygen atoms in total. The van der Waals surface area contributed by atoms with Crippen molar-refractivity contribution in [2.24, 2.45) is 4.99 Å². The van der Waals surface area contributed by atoms with Gasteiger partial charge in [0.05, 0.1) is 13.2 Å². The van der Waals surface area contributed by atoms with Crippen molar-refractivity contribution >= 4 is 30.3 Å². The van der Waals surface area contributed by atoms with Gasteiger partial charge >= 0.3 is 6.09 Å². The highest BCUT2D eigenvalue weighted by Gasteiger charge is 2.50. The van der Waals surface area contributed by atoms with Crippen molar-refractivity contribution < 1.29 is 44.1 Å². The molecule has 1 aliphatic rings. The molecule has 32 heavy (non-hydrogen) atoms. The maximum absolute atomic E-state index is 11.7. The van der Waals surface area contributed by atoms with Crippen molar-refractivity contribution in [3.63, 3.8) is 0 Å². The van der Waals surface area contributed by atoms with E-state index < -0.39 is 55.3 Å². The largest absolute Gasteiger partial charge is 0.862 e. The van der Waals surface area contributed by atoms with Gasteiger partial charge in [-0.15, -0.1) is 0 Å². The molecular formula is C19H28N2O9PS-. The summed E-state index contributed by atoms with van der Waals surface area (Å²) in [5, 5.41) is 43.6. The monoisotopic (exact) mass is 491 g/mol. The molecule has 0 bridgehead atoms. The van der Waals surface area contributed by atoms with Crippen LogP contribution in [-0.2, 0) is 32.4 Å². The lowest BCUT2D eigenvalue weighted by atomic mass is 9.98. The van der Waals surface area contributed by atoms with E-state index in [9.17, 15) is 30.1 Å². The summed E-state index contributed by atoms with van der Waals surface area (Å²) in [6.07, 6.45) is -4.68. The van der Waals surface area contributed by atoms with Crippen LogP contribution >= 0.6 is 6.49 Å². The number of rotatable bonds is 10. The second-order valence-electron chi connectivity index (χ2n) is 7.11. The Balaban J connectivity index is 1.83. The summed E-state index contributed by atoms with van der Waals surface area (Å²) in [5.41, 5.74) is 0.846. The second-order valence-corrected chi connectivity index (χ2v) is 10.6. The number of hydrogen-bond donors (Lipinski definition) is 5. The van der Waals surface area contributed by atoms with E-state index in [1.807, 2.05) is 30.3 Å². The topological polar surface area (TPSA) is 173 Å². The molecule has 13 heteroatoms. The first-order valence-corrected chi connectivity index (χ1v) is 12.7. The molecule has 180 valence electrons. The van der Waals surface area contributed by atoms with Crippen molar-refractivity contribution in [3.05, 3.63) is 35.9 Å². The number of benzene rings is 1. The molecule has 1 fully saturated rings. The fraction of sp³-hybridized carbons (Fsp3) is 0.579. The zero-order chi connectivity index (χ0) is 23.7. The number of hydrogen-bond acceptors (Lipinski definition) is 10. The van der Waals surface area contributed by atoms with Gasteiger partial charge in [-0.05, 0) is 36.6 Å². The number of alkyl carbamates (subject to hydrolysis) is 1. The number of carbonyl (C=O) groups is 1. The molecule has 0 radical (unpaired) electrons. The van der Waals surface area contributed by atoms with Gasteiger partial charge in [-0.3, -0.25) is 4.99 Å². The lowest BCUT2D eigenvalue weighted by Crippen LogP contribution is -2.58. The molecule has 0 saturated carbocycles. The average Bonchev–Trinajstić information content (AvgIpc) is 2.75. The highest BCUT2D eigenvalue weighted by molar-refractivity contribution is 8.09. The molecule has 1 unspecified atom stereocenters. The van der Waals surface area contributed by atoms with Crippen LogP contribution in [0.3, 0.4) is 0 Å². The molecule has 0 spiro atoms. The number of nitrogens with one attached hydrogen (secondary N) is 1. The Bertz CT molecular complexity index is 809. The van der Waals surface area contributed by atoms with Crippen LogP contribution in [0.2, 0.25) is 0 Å². The number of aliphatic hydroxyl groups excluding tert-OH is 3. The van der Waals surface area contributed by atoms with Crippen molar-refractivity contribution in [1.29, 1.82) is 0 Å². The second kappa shape index (κ2) is 12.6. The molecule has 1 saturated heterocycles. The maximum atomic E-state index is 11.7. The molecule has 1 heterocycles. The minimum absolute atomic E-state index is 0.0676. The highest BCUT2D eigenvalue weighted by Crippen LogP contribution is 2.53. The van der Waals surface area contributed by atoms with Crippen LogP contribution in [0.25, 0.3) is 0 Å². The normalized spacial score (nSPS) is 28.0. The van der Waals surface area contributed by atoms with E-state index in [0.717, 1.165) is 12.5 Å². The molecule has 5 N–H and O–H groups in total. The molecule has 0 aromatic heterocycles. The minimum Gasteiger partial charge on any atom is -0.862 e. The standard InChI is InChI=1S/C19H29N2O9PS/c1-12(23)21-15-17(25)16(24)14(10-22)30-18(15)31(27,32)29-9-5-8-20-19(26)28-11-13-6-3-2-4-7-13/h2-4,6-7,14-18,22,24-25H,5,8-11H2,1H3,(H,20,26)(H,21,23)(H,27,32)/p-1/t14-,15+,16-,17-,18-,31?/m1/s1. The summed E-state index contributed by atoms with van der Waals surface area (Å²) < 4.78 is 15.9. The number of amides is 1. The Morgan fingerprint density at radius 1 is 1.31 bits per heavy atom. The van der Waals surface area contributed by atoms with Gasteiger partial charge in [0.15, 0.2) is 5.85 Å². The molecule has 2 rings (SSSR count). The Hall–Kier alpha value is -1.63. The van der Waals surface area contributed by atoms with E-state index >= 15 is 0 Å². The number of nitrogens with zero attached hydrogens (tertiary/aromatic N) is 1. The molecule has 1 aromatic carbocycles. The number of carbonyl (C=O) groups excluding carboxylic acids is 1. The van der Waals surface area contributed by atoms with Crippen molar-refractivity contribution in [3.8, 4) is 0 Å². The zero-order valence-corrected chi connectivity index (χ0v) is 19.2. The first kappa shape index (κ1) is 26.6. The molecule has 1 amide bonds. The van der Waals surface area contributed by atoms with E-state index in [4.69, 9.17) is 25.8 Å². The van der Waals surface area contributed by atoms with Crippen LogP contribution in [0, 0.1) is 0 Å². The summed E-state index contributed by atoms with van der Waals surface area (Å²) in [7, 11) is 0. The van der Waals surface area contributed by atoms with Gasteiger partial charge in [0, 0.05) is 6.54 Å². The maximum Gasteiger partial charge on any atom is 0.407 e. The van der Waals surface area contributed by atoms with Gasteiger partial charge in [0.25, 0.3) is 0 Å². The SMILES string of the molecule is CC([O-])=N[C@H]1[C@@H](O)[C@H](O)[C@@H](CO)O[C@@H]1P(O)(=S)OCCCNC(=O)OCc1ccccc1. The average molecular weight is 491 g/mol. The lowest BCUT2D eigenvalue weighted by Gasteiger charge is -2.43. The quantitative estimate of drug-likeness (QED) is 0.121. The van der Waals surface area contributed by atoms with Gasteiger partial charge in [-0.2, -0.15) is 0 Å². The predicted octanol–water partition coefficient (Wildman–Crippen LogP) is -0.792. The summed E-state index contributed by atoms with van der Waals surface area (Å²) in [4.78, 5) is 26.1. The fourth-order valence-corrected chi connectivity index (χ4v) is 5.23. The Morgan fingerprint density at radius 3 is 2.62 bits per heavy atom. The zero-order valence-electron chi connectivity index (χ0n) is 17.4. The van der Waals surface area contributed by atoms with Gasteiger partial charge in [0.1, 0.15) is 31.0 Å². The minimum atomic E-state index is -3.77. The molecule has 1 aliphatic heterocycles. The molecule has 0 aliphatic carbocycles. The third kappa shape index (κ3) is 7.75. The van der Waals surface area contributed by atoms with E-state index in [1.165, 1.54) is 0 Å². The number of aliphatic hydroxyl groups is 3. The van der Waals surface area contributed by atoms with Crippen LogP contribution in [-0.4, -0.2) is 82.2 Å². The number of aliphatic imine (C=N–C) groups is 1. The number of ether oxygens (including phenoxy) is 2. The van der Waals surface area contributed by atoms with Crippen LogP contribution < -0.4 is 10.4 Å². The summed E-state index contributed by atoms with van der Waals surface area (Å²) in [6, 6.07) is 7.82. The fourth-order valence-electron chi connectivity index (χ4n) is 3.01. The van der Waals surface area contributed by atoms with Gasteiger partial charge < -0.3 is 44.6 Å². The molecule has 6 atom stereocenters. The van der Waals surface area contributed by atoms with Crippen molar-refractivity contribution in [1.82, 2.24) is 5.32 Å². The lowest BCUT2D eigenvalue weighted by molar-refractivity contribution is -0.219. The van der Waals surface area contributed by atoms with Crippen LogP contribution in [0.15, 0.2) is 35.3 Å². The summed E-state index contributed by atoms with van der Waals surface area (Å²) in [6.45, 7) is -3.05.